The number of amides is 1. The van der Waals surface area contributed by atoms with Gasteiger partial charge < -0.3 is 15.7 Å². The Balaban J connectivity index is 2.17. The molecule has 2 rings (SSSR count). The van der Waals surface area contributed by atoms with Gasteiger partial charge in [-0.05, 0) is 24.1 Å². The van der Waals surface area contributed by atoms with Crippen molar-refractivity contribution in [1.29, 1.82) is 0 Å². The molecule has 3 N–H and O–H groups in total. The number of carbonyl (C=O) groups is 1. The summed E-state index contributed by atoms with van der Waals surface area (Å²) in [6, 6.07) is 6.02. The van der Waals surface area contributed by atoms with Gasteiger partial charge in [-0.2, -0.15) is 0 Å². The molecule has 0 aliphatic carbocycles. The molecule has 2 atom stereocenters. The topological polar surface area (TPSA) is 66.6 Å². The lowest BCUT2D eigenvalue weighted by atomic mass is 9.87. The highest BCUT2D eigenvalue weighted by molar-refractivity contribution is 5.65. The zero-order valence-corrected chi connectivity index (χ0v) is 9.34. The van der Waals surface area contributed by atoms with Gasteiger partial charge in [0.1, 0.15) is 5.82 Å². The van der Waals surface area contributed by atoms with Crippen LogP contribution in [0.1, 0.15) is 17.9 Å². The molecule has 0 spiro atoms. The molecule has 92 valence electrons. The van der Waals surface area contributed by atoms with Gasteiger partial charge in [0.05, 0.1) is 0 Å². The average Bonchev–Trinajstić information content (AvgIpc) is 2.31. The molecule has 0 aromatic heterocycles. The number of hydrogen-bond acceptors (Lipinski definition) is 2. The Morgan fingerprint density at radius 1 is 1.41 bits per heavy atom. The Labute approximate surface area is 98.8 Å². The maximum atomic E-state index is 12.8. The molecule has 1 aromatic carbocycles. The maximum Gasteiger partial charge on any atom is 0.407 e. The molecule has 4 nitrogen and oxygen atoms in total. The van der Waals surface area contributed by atoms with Crippen LogP contribution in [-0.2, 0) is 0 Å². The minimum atomic E-state index is -0.927. The van der Waals surface area contributed by atoms with Gasteiger partial charge in [-0.3, -0.25) is 0 Å². The predicted molar refractivity (Wildman–Crippen MR) is 61.3 cm³/mol. The Morgan fingerprint density at radius 2 is 2.06 bits per heavy atom. The highest BCUT2D eigenvalue weighted by Crippen LogP contribution is 2.26. The van der Waals surface area contributed by atoms with Crippen molar-refractivity contribution in [2.24, 2.45) is 5.73 Å². The third-order valence-corrected chi connectivity index (χ3v) is 3.23. The second-order valence-electron chi connectivity index (χ2n) is 4.34. The first-order valence-corrected chi connectivity index (χ1v) is 5.57. The van der Waals surface area contributed by atoms with E-state index in [1.54, 1.807) is 12.1 Å². The lowest BCUT2D eigenvalue weighted by Gasteiger charge is -2.35. The van der Waals surface area contributed by atoms with Gasteiger partial charge in [-0.25, -0.2) is 9.18 Å². The van der Waals surface area contributed by atoms with Crippen LogP contribution in [0.3, 0.4) is 0 Å². The SMILES string of the molecule is NC1CCN(C(=O)O)CC1c1ccc(F)cc1. The van der Waals surface area contributed by atoms with Crippen LogP contribution in [0.25, 0.3) is 0 Å². The van der Waals surface area contributed by atoms with E-state index in [9.17, 15) is 9.18 Å². The fourth-order valence-corrected chi connectivity index (χ4v) is 2.21. The van der Waals surface area contributed by atoms with E-state index in [-0.39, 0.29) is 17.8 Å². The average molecular weight is 238 g/mol. The largest absolute Gasteiger partial charge is 0.465 e. The first kappa shape index (κ1) is 11.9. The Bertz CT molecular complexity index is 407. The molecule has 17 heavy (non-hydrogen) atoms. The van der Waals surface area contributed by atoms with Crippen molar-refractivity contribution in [3.63, 3.8) is 0 Å². The van der Waals surface area contributed by atoms with E-state index in [4.69, 9.17) is 10.8 Å². The fraction of sp³-hybridized carbons (Fsp3) is 0.417. The minimum Gasteiger partial charge on any atom is -0.465 e. The van der Waals surface area contributed by atoms with Gasteiger partial charge >= 0.3 is 6.09 Å². The zero-order chi connectivity index (χ0) is 12.4. The molecule has 0 radical (unpaired) electrons. The van der Waals surface area contributed by atoms with E-state index < -0.39 is 6.09 Å². The molecule has 0 saturated carbocycles. The van der Waals surface area contributed by atoms with E-state index in [0.29, 0.717) is 19.5 Å². The van der Waals surface area contributed by atoms with E-state index in [1.165, 1.54) is 17.0 Å². The highest BCUT2D eigenvalue weighted by atomic mass is 19.1. The van der Waals surface area contributed by atoms with Gasteiger partial charge in [-0.15, -0.1) is 0 Å². The molecular formula is C12H15FN2O2. The number of piperidine rings is 1. The third-order valence-electron chi connectivity index (χ3n) is 3.23. The van der Waals surface area contributed by atoms with Crippen molar-refractivity contribution >= 4 is 6.09 Å². The Kier molecular flexibility index (Phi) is 3.28. The summed E-state index contributed by atoms with van der Waals surface area (Å²) < 4.78 is 12.8. The number of benzene rings is 1. The van der Waals surface area contributed by atoms with Gasteiger partial charge in [-0.1, -0.05) is 12.1 Å². The lowest BCUT2D eigenvalue weighted by molar-refractivity contribution is 0.126. The summed E-state index contributed by atoms with van der Waals surface area (Å²) in [7, 11) is 0. The summed E-state index contributed by atoms with van der Waals surface area (Å²) in [6.07, 6.45) is -0.294. The van der Waals surface area contributed by atoms with E-state index in [0.717, 1.165) is 5.56 Å². The minimum absolute atomic E-state index is 0.0551. The first-order chi connectivity index (χ1) is 8.08. The van der Waals surface area contributed by atoms with Crippen LogP contribution in [0.5, 0.6) is 0 Å². The zero-order valence-electron chi connectivity index (χ0n) is 9.34. The second kappa shape index (κ2) is 4.71. The molecule has 1 heterocycles. The van der Waals surface area contributed by atoms with Gasteiger partial charge in [0.15, 0.2) is 0 Å². The molecule has 1 fully saturated rings. The number of rotatable bonds is 1. The van der Waals surface area contributed by atoms with Crippen LogP contribution in [0.15, 0.2) is 24.3 Å². The van der Waals surface area contributed by atoms with Crippen molar-refractivity contribution in [3.8, 4) is 0 Å². The van der Waals surface area contributed by atoms with Crippen molar-refractivity contribution in [3.05, 3.63) is 35.6 Å². The number of halogens is 1. The second-order valence-corrected chi connectivity index (χ2v) is 4.34. The molecular weight excluding hydrogens is 223 g/mol. The standard InChI is InChI=1S/C12H15FN2O2/c13-9-3-1-8(2-4-9)10-7-15(12(16)17)6-5-11(10)14/h1-4,10-11H,5-7,14H2,(H,16,17). The summed E-state index contributed by atoms with van der Waals surface area (Å²) in [4.78, 5) is 12.3. The third kappa shape index (κ3) is 2.55. The van der Waals surface area contributed by atoms with Crippen LogP contribution in [0, 0.1) is 5.82 Å². The number of carboxylic acid groups (broad SMARTS) is 1. The van der Waals surface area contributed by atoms with Crippen molar-refractivity contribution in [2.45, 2.75) is 18.4 Å². The van der Waals surface area contributed by atoms with Gasteiger partial charge in [0.25, 0.3) is 0 Å². The maximum absolute atomic E-state index is 12.8. The summed E-state index contributed by atoms with van der Waals surface area (Å²) in [5, 5.41) is 8.96. The Hall–Kier alpha value is -1.62. The molecule has 1 aliphatic rings. The number of hydrogen-bond donors (Lipinski definition) is 2. The van der Waals surface area contributed by atoms with Crippen LogP contribution in [0.4, 0.5) is 9.18 Å². The van der Waals surface area contributed by atoms with Crippen molar-refractivity contribution in [1.82, 2.24) is 4.90 Å². The van der Waals surface area contributed by atoms with Gasteiger partial charge in [0.2, 0.25) is 0 Å². The number of likely N-dealkylation sites (tertiary alicyclic amines) is 1. The van der Waals surface area contributed by atoms with Gasteiger partial charge in [0, 0.05) is 25.0 Å². The molecule has 2 unspecified atom stereocenters. The smallest absolute Gasteiger partial charge is 0.407 e. The monoisotopic (exact) mass is 238 g/mol. The first-order valence-electron chi connectivity index (χ1n) is 5.57. The highest BCUT2D eigenvalue weighted by Gasteiger charge is 2.30. The lowest BCUT2D eigenvalue weighted by Crippen LogP contribution is -2.47. The molecule has 1 aromatic rings. The van der Waals surface area contributed by atoms with E-state index >= 15 is 0 Å². The van der Waals surface area contributed by atoms with E-state index in [2.05, 4.69) is 0 Å². The van der Waals surface area contributed by atoms with E-state index in [1.807, 2.05) is 0 Å². The summed E-state index contributed by atoms with van der Waals surface area (Å²) >= 11 is 0. The number of nitrogens with two attached hydrogens (primary N) is 1. The molecule has 1 amide bonds. The molecule has 1 saturated heterocycles. The van der Waals surface area contributed by atoms with Crippen molar-refractivity contribution in [2.75, 3.05) is 13.1 Å². The molecule has 5 heteroatoms. The van der Waals surface area contributed by atoms with Crippen LogP contribution < -0.4 is 5.73 Å². The van der Waals surface area contributed by atoms with Crippen LogP contribution in [-0.4, -0.2) is 35.2 Å². The normalized spacial score (nSPS) is 24.7. The quantitative estimate of drug-likeness (QED) is 0.781. The Morgan fingerprint density at radius 3 is 2.65 bits per heavy atom. The number of nitrogens with zero attached hydrogens (tertiary/aromatic N) is 1. The van der Waals surface area contributed by atoms with Crippen LogP contribution in [0.2, 0.25) is 0 Å². The summed E-state index contributed by atoms with van der Waals surface area (Å²) in [5.41, 5.74) is 6.89. The molecule has 0 bridgehead atoms. The fourth-order valence-electron chi connectivity index (χ4n) is 2.21. The van der Waals surface area contributed by atoms with Crippen molar-refractivity contribution < 1.29 is 14.3 Å². The van der Waals surface area contributed by atoms with Crippen LogP contribution >= 0.6 is 0 Å². The summed E-state index contributed by atoms with van der Waals surface area (Å²) in [6.45, 7) is 0.844. The summed E-state index contributed by atoms with van der Waals surface area (Å²) in [5.74, 6) is -0.353. The molecule has 1 aliphatic heterocycles. The predicted octanol–water partition coefficient (Wildman–Crippen LogP) is 1.62.